The van der Waals surface area contributed by atoms with Gasteiger partial charge in [-0.05, 0) is 50.8 Å². The third-order valence-electron chi connectivity index (χ3n) is 3.77. The summed E-state index contributed by atoms with van der Waals surface area (Å²) in [6.45, 7) is 2.15. The summed E-state index contributed by atoms with van der Waals surface area (Å²) < 4.78 is 1.24. The maximum Gasteiger partial charge on any atom is 0.0544 e. The molecule has 18 heavy (non-hydrogen) atoms. The van der Waals surface area contributed by atoms with Gasteiger partial charge in [-0.1, -0.05) is 52.2 Å². The molecule has 1 aliphatic carbocycles. The van der Waals surface area contributed by atoms with Crippen LogP contribution in [0.4, 0.5) is 0 Å². The molecule has 2 rings (SSSR count). The number of benzene rings is 1. The molecule has 0 saturated carbocycles. The zero-order valence-corrected chi connectivity index (χ0v) is 12.9. The molecule has 1 nitrogen and oxygen atoms in total. The molecule has 1 aromatic carbocycles. The van der Waals surface area contributed by atoms with E-state index in [9.17, 15) is 0 Å². The molecule has 0 saturated heterocycles. The predicted molar refractivity (Wildman–Crippen MR) is 81.8 cm³/mol. The molecule has 0 aliphatic heterocycles. The Hall–Kier alpha value is -0.600. The SMILES string of the molecule is CNC(C1=CCCCCC1)c1cccc(C)c1Br. The summed E-state index contributed by atoms with van der Waals surface area (Å²) in [5.41, 5.74) is 4.23. The molecule has 1 aromatic rings. The molecule has 0 bridgehead atoms. The van der Waals surface area contributed by atoms with E-state index < -0.39 is 0 Å². The highest BCUT2D eigenvalue weighted by Crippen LogP contribution is 2.34. The monoisotopic (exact) mass is 307 g/mol. The standard InChI is InChI=1S/C16H22BrN/c1-12-8-7-11-14(15(12)17)16(18-2)13-9-5-3-4-6-10-13/h7-9,11,16,18H,3-6,10H2,1-2H3. The van der Waals surface area contributed by atoms with Gasteiger partial charge >= 0.3 is 0 Å². The van der Waals surface area contributed by atoms with Crippen molar-refractivity contribution < 1.29 is 0 Å². The van der Waals surface area contributed by atoms with Crippen molar-refractivity contribution in [2.45, 2.75) is 45.1 Å². The Labute approximate surface area is 119 Å². The van der Waals surface area contributed by atoms with Gasteiger partial charge in [-0.15, -0.1) is 0 Å². The average Bonchev–Trinajstić information content (AvgIpc) is 2.64. The van der Waals surface area contributed by atoms with Crippen molar-refractivity contribution in [3.8, 4) is 0 Å². The maximum absolute atomic E-state index is 3.74. The molecule has 1 N–H and O–H groups in total. The van der Waals surface area contributed by atoms with Crippen molar-refractivity contribution >= 4 is 15.9 Å². The van der Waals surface area contributed by atoms with E-state index in [1.54, 1.807) is 5.57 Å². The lowest BCUT2D eigenvalue weighted by Gasteiger charge is -2.22. The van der Waals surface area contributed by atoms with Crippen LogP contribution in [0.1, 0.15) is 49.3 Å². The maximum atomic E-state index is 3.74. The Balaban J connectivity index is 2.32. The smallest absolute Gasteiger partial charge is 0.0544 e. The number of hydrogen-bond donors (Lipinski definition) is 1. The quantitative estimate of drug-likeness (QED) is 0.782. The Bertz CT molecular complexity index is 437. The first-order chi connectivity index (χ1) is 8.74. The zero-order valence-electron chi connectivity index (χ0n) is 11.3. The Morgan fingerprint density at radius 3 is 2.83 bits per heavy atom. The molecule has 1 unspecified atom stereocenters. The number of hydrogen-bond acceptors (Lipinski definition) is 1. The van der Waals surface area contributed by atoms with Crippen LogP contribution in [0.3, 0.4) is 0 Å². The van der Waals surface area contributed by atoms with Crippen LogP contribution in [0.5, 0.6) is 0 Å². The van der Waals surface area contributed by atoms with Gasteiger partial charge in [0.05, 0.1) is 6.04 Å². The molecule has 0 fully saturated rings. The number of halogens is 1. The zero-order chi connectivity index (χ0) is 13.0. The van der Waals surface area contributed by atoms with Crippen molar-refractivity contribution in [2.24, 2.45) is 0 Å². The van der Waals surface area contributed by atoms with Gasteiger partial charge in [-0.25, -0.2) is 0 Å². The summed E-state index contributed by atoms with van der Waals surface area (Å²) in [6, 6.07) is 6.89. The summed E-state index contributed by atoms with van der Waals surface area (Å²) in [5.74, 6) is 0. The van der Waals surface area contributed by atoms with E-state index in [4.69, 9.17) is 0 Å². The summed E-state index contributed by atoms with van der Waals surface area (Å²) in [4.78, 5) is 0. The number of likely N-dealkylation sites (N-methyl/N-ethyl adjacent to an activating group) is 1. The Morgan fingerprint density at radius 1 is 1.22 bits per heavy atom. The third kappa shape index (κ3) is 3.04. The first-order valence-electron chi connectivity index (χ1n) is 6.85. The molecular weight excluding hydrogens is 286 g/mol. The fraction of sp³-hybridized carbons (Fsp3) is 0.500. The van der Waals surface area contributed by atoms with Crippen LogP contribution < -0.4 is 5.32 Å². The first kappa shape index (κ1) is 13.8. The molecule has 98 valence electrons. The van der Waals surface area contributed by atoms with Crippen LogP contribution in [0, 0.1) is 6.92 Å². The molecule has 0 spiro atoms. The number of aryl methyl sites for hydroxylation is 1. The van der Waals surface area contributed by atoms with E-state index in [2.05, 4.69) is 59.5 Å². The van der Waals surface area contributed by atoms with Crippen molar-refractivity contribution in [2.75, 3.05) is 7.05 Å². The van der Waals surface area contributed by atoms with E-state index in [-0.39, 0.29) is 0 Å². The van der Waals surface area contributed by atoms with E-state index in [1.165, 1.54) is 47.7 Å². The molecule has 1 atom stereocenters. The van der Waals surface area contributed by atoms with Crippen molar-refractivity contribution in [1.82, 2.24) is 5.32 Å². The van der Waals surface area contributed by atoms with Gasteiger partial charge in [0.1, 0.15) is 0 Å². The van der Waals surface area contributed by atoms with Crippen LogP contribution in [-0.2, 0) is 0 Å². The Kier molecular flexibility index (Phi) is 5.02. The number of allylic oxidation sites excluding steroid dienone is 1. The second-order valence-electron chi connectivity index (χ2n) is 5.08. The van der Waals surface area contributed by atoms with Gasteiger partial charge in [0.15, 0.2) is 0 Å². The highest BCUT2D eigenvalue weighted by molar-refractivity contribution is 9.10. The predicted octanol–water partition coefficient (Wildman–Crippen LogP) is 4.91. The van der Waals surface area contributed by atoms with E-state index in [0.717, 1.165) is 0 Å². The van der Waals surface area contributed by atoms with Crippen LogP contribution >= 0.6 is 15.9 Å². The lowest BCUT2D eigenvalue weighted by Crippen LogP contribution is -2.19. The van der Waals surface area contributed by atoms with Gasteiger partial charge in [0.25, 0.3) is 0 Å². The van der Waals surface area contributed by atoms with Gasteiger partial charge in [0.2, 0.25) is 0 Å². The van der Waals surface area contributed by atoms with E-state index in [1.807, 2.05) is 0 Å². The van der Waals surface area contributed by atoms with Crippen molar-refractivity contribution in [3.63, 3.8) is 0 Å². The fourth-order valence-electron chi connectivity index (χ4n) is 2.74. The molecule has 0 aromatic heterocycles. The molecule has 0 heterocycles. The summed E-state index contributed by atoms with van der Waals surface area (Å²) in [7, 11) is 2.06. The minimum Gasteiger partial charge on any atom is -0.310 e. The van der Waals surface area contributed by atoms with Crippen LogP contribution in [0.15, 0.2) is 34.3 Å². The Morgan fingerprint density at radius 2 is 2.06 bits per heavy atom. The average molecular weight is 308 g/mol. The van der Waals surface area contributed by atoms with Gasteiger partial charge < -0.3 is 5.32 Å². The second kappa shape index (κ2) is 6.53. The lowest BCUT2D eigenvalue weighted by molar-refractivity contribution is 0.626. The van der Waals surface area contributed by atoms with Gasteiger partial charge in [0, 0.05) is 4.47 Å². The minimum absolute atomic E-state index is 0.359. The normalized spacial score (nSPS) is 18.1. The van der Waals surface area contributed by atoms with Gasteiger partial charge in [-0.3, -0.25) is 0 Å². The number of rotatable bonds is 3. The molecular formula is C16H22BrN. The minimum atomic E-state index is 0.359. The molecule has 1 aliphatic rings. The molecule has 2 heteroatoms. The molecule has 0 amide bonds. The molecule has 0 radical (unpaired) electrons. The number of nitrogens with one attached hydrogen (secondary N) is 1. The van der Waals surface area contributed by atoms with Crippen LogP contribution in [-0.4, -0.2) is 7.05 Å². The van der Waals surface area contributed by atoms with Crippen LogP contribution in [0.2, 0.25) is 0 Å². The van der Waals surface area contributed by atoms with E-state index >= 15 is 0 Å². The third-order valence-corrected chi connectivity index (χ3v) is 4.85. The summed E-state index contributed by atoms with van der Waals surface area (Å²) in [5, 5.41) is 3.49. The summed E-state index contributed by atoms with van der Waals surface area (Å²) in [6.07, 6.45) is 8.94. The largest absolute Gasteiger partial charge is 0.310 e. The van der Waals surface area contributed by atoms with Crippen LogP contribution in [0.25, 0.3) is 0 Å². The highest BCUT2D eigenvalue weighted by Gasteiger charge is 2.18. The van der Waals surface area contributed by atoms with Gasteiger partial charge in [-0.2, -0.15) is 0 Å². The fourth-order valence-corrected chi connectivity index (χ4v) is 3.23. The van der Waals surface area contributed by atoms with Crippen molar-refractivity contribution in [3.05, 3.63) is 45.4 Å². The summed E-state index contributed by atoms with van der Waals surface area (Å²) >= 11 is 3.74. The van der Waals surface area contributed by atoms with Crippen molar-refractivity contribution in [1.29, 1.82) is 0 Å². The highest BCUT2D eigenvalue weighted by atomic mass is 79.9. The lowest BCUT2D eigenvalue weighted by atomic mass is 9.94. The van der Waals surface area contributed by atoms with E-state index in [0.29, 0.717) is 6.04 Å². The second-order valence-corrected chi connectivity index (χ2v) is 5.87. The first-order valence-corrected chi connectivity index (χ1v) is 7.64. The topological polar surface area (TPSA) is 12.0 Å².